The minimum Gasteiger partial charge on any atom is -0.264 e. The predicted octanol–water partition coefficient (Wildman–Crippen LogP) is 2.71. The average Bonchev–Trinajstić information content (AvgIpc) is 2.53. The van der Waals surface area contributed by atoms with E-state index in [2.05, 4.69) is 9.71 Å². The van der Waals surface area contributed by atoms with Gasteiger partial charge in [0.05, 0.1) is 16.3 Å². The van der Waals surface area contributed by atoms with Crippen molar-refractivity contribution < 1.29 is 8.42 Å². The number of hydrogen-bond acceptors (Lipinski definition) is 4. The number of pyridine rings is 1. The van der Waals surface area contributed by atoms with Crippen LogP contribution in [-0.4, -0.2) is 19.2 Å². The van der Waals surface area contributed by atoms with Gasteiger partial charge in [-0.3, -0.25) is 4.98 Å². The third-order valence-corrected chi connectivity index (χ3v) is 4.75. The SMILES string of the molecule is CCS(=O)(=O)NCc1cncc(-c2ccc(C#N)c(Cl)c2)c1. The maximum absolute atomic E-state index is 11.5. The lowest BCUT2D eigenvalue weighted by Crippen LogP contribution is -2.24. The van der Waals surface area contributed by atoms with Crippen LogP contribution in [0.5, 0.6) is 0 Å². The summed E-state index contributed by atoms with van der Waals surface area (Å²) >= 11 is 6.02. The van der Waals surface area contributed by atoms with Crippen LogP contribution in [0.3, 0.4) is 0 Å². The second-order valence-corrected chi connectivity index (χ2v) is 7.12. The molecule has 2 aromatic rings. The normalized spacial score (nSPS) is 11.1. The number of aromatic nitrogens is 1. The van der Waals surface area contributed by atoms with Crippen LogP contribution in [0.4, 0.5) is 0 Å². The summed E-state index contributed by atoms with van der Waals surface area (Å²) in [5, 5.41) is 9.25. The third kappa shape index (κ3) is 4.04. The Bertz CT molecular complexity index is 829. The van der Waals surface area contributed by atoms with Crippen molar-refractivity contribution in [2.75, 3.05) is 5.75 Å². The lowest BCUT2D eigenvalue weighted by Gasteiger charge is -2.07. The van der Waals surface area contributed by atoms with Crippen LogP contribution >= 0.6 is 11.6 Å². The Labute approximate surface area is 134 Å². The molecule has 1 N–H and O–H groups in total. The molecule has 1 aromatic carbocycles. The van der Waals surface area contributed by atoms with Crippen molar-refractivity contribution in [2.24, 2.45) is 0 Å². The Morgan fingerprint density at radius 3 is 2.68 bits per heavy atom. The van der Waals surface area contributed by atoms with E-state index in [1.807, 2.05) is 12.1 Å². The van der Waals surface area contributed by atoms with Crippen LogP contribution < -0.4 is 4.72 Å². The first kappa shape index (κ1) is 16.4. The van der Waals surface area contributed by atoms with E-state index >= 15 is 0 Å². The number of benzene rings is 1. The van der Waals surface area contributed by atoms with Crippen molar-refractivity contribution in [3.63, 3.8) is 0 Å². The van der Waals surface area contributed by atoms with Crippen molar-refractivity contribution in [3.8, 4) is 17.2 Å². The molecule has 0 aliphatic heterocycles. The molecule has 0 aliphatic rings. The summed E-state index contributed by atoms with van der Waals surface area (Å²) in [6.45, 7) is 1.76. The number of nitrogens with zero attached hydrogens (tertiary/aromatic N) is 2. The summed E-state index contributed by atoms with van der Waals surface area (Å²) in [7, 11) is -3.25. The highest BCUT2D eigenvalue weighted by Gasteiger charge is 2.08. The maximum Gasteiger partial charge on any atom is 0.211 e. The van der Waals surface area contributed by atoms with E-state index in [1.54, 1.807) is 37.5 Å². The van der Waals surface area contributed by atoms with Crippen LogP contribution in [0.2, 0.25) is 5.02 Å². The zero-order chi connectivity index (χ0) is 16.2. The zero-order valence-electron chi connectivity index (χ0n) is 11.9. The molecular weight excluding hydrogens is 322 g/mol. The Morgan fingerprint density at radius 2 is 2.05 bits per heavy atom. The van der Waals surface area contributed by atoms with Crippen LogP contribution in [0, 0.1) is 11.3 Å². The number of nitriles is 1. The Kier molecular flexibility index (Phi) is 5.14. The topological polar surface area (TPSA) is 82.8 Å². The van der Waals surface area contributed by atoms with E-state index in [0.29, 0.717) is 10.6 Å². The quantitative estimate of drug-likeness (QED) is 0.910. The number of hydrogen-bond donors (Lipinski definition) is 1. The minimum absolute atomic E-state index is 0.0331. The minimum atomic E-state index is -3.25. The van der Waals surface area contributed by atoms with Crippen molar-refractivity contribution in [2.45, 2.75) is 13.5 Å². The molecule has 22 heavy (non-hydrogen) atoms. The maximum atomic E-state index is 11.5. The van der Waals surface area contributed by atoms with Crippen LogP contribution in [0.25, 0.3) is 11.1 Å². The van der Waals surface area contributed by atoms with Gasteiger partial charge in [-0.15, -0.1) is 0 Å². The lowest BCUT2D eigenvalue weighted by molar-refractivity contribution is 0.582. The average molecular weight is 336 g/mol. The van der Waals surface area contributed by atoms with Gasteiger partial charge >= 0.3 is 0 Å². The summed E-state index contributed by atoms with van der Waals surface area (Å²) in [5.41, 5.74) is 2.77. The Hall–Kier alpha value is -1.94. The summed E-state index contributed by atoms with van der Waals surface area (Å²) in [4.78, 5) is 4.12. The van der Waals surface area contributed by atoms with Crippen molar-refractivity contribution >= 4 is 21.6 Å². The highest BCUT2D eigenvalue weighted by atomic mass is 35.5. The smallest absolute Gasteiger partial charge is 0.211 e. The van der Waals surface area contributed by atoms with E-state index in [4.69, 9.17) is 16.9 Å². The van der Waals surface area contributed by atoms with E-state index < -0.39 is 10.0 Å². The molecule has 0 aliphatic carbocycles. The van der Waals surface area contributed by atoms with Gasteiger partial charge < -0.3 is 0 Å². The van der Waals surface area contributed by atoms with Gasteiger partial charge in [-0.1, -0.05) is 17.7 Å². The molecule has 0 amide bonds. The van der Waals surface area contributed by atoms with E-state index in [9.17, 15) is 8.42 Å². The molecule has 0 radical (unpaired) electrons. The van der Waals surface area contributed by atoms with E-state index in [0.717, 1.165) is 16.7 Å². The van der Waals surface area contributed by atoms with Crippen LogP contribution in [0.1, 0.15) is 18.1 Å². The molecule has 2 rings (SSSR count). The fourth-order valence-corrected chi connectivity index (χ4v) is 2.64. The standard InChI is InChI=1S/C15H14ClN3O2S/c1-2-22(20,21)19-9-11-5-14(10-18-8-11)12-3-4-13(7-17)15(16)6-12/h3-6,8,10,19H,2,9H2,1H3. The first-order chi connectivity index (χ1) is 10.4. The molecule has 0 atom stereocenters. The summed E-state index contributed by atoms with van der Waals surface area (Å²) in [6.07, 6.45) is 3.27. The second-order valence-electron chi connectivity index (χ2n) is 4.61. The molecule has 0 bridgehead atoms. The van der Waals surface area contributed by atoms with Gasteiger partial charge in [-0.2, -0.15) is 5.26 Å². The monoisotopic (exact) mass is 335 g/mol. The molecule has 0 saturated carbocycles. The van der Waals surface area contributed by atoms with Crippen molar-refractivity contribution in [3.05, 3.63) is 52.8 Å². The number of sulfonamides is 1. The number of rotatable bonds is 5. The van der Waals surface area contributed by atoms with E-state index in [-0.39, 0.29) is 12.3 Å². The van der Waals surface area contributed by atoms with Gasteiger partial charge in [0.15, 0.2) is 0 Å². The fourth-order valence-electron chi connectivity index (χ4n) is 1.82. The van der Waals surface area contributed by atoms with Crippen molar-refractivity contribution in [1.29, 1.82) is 5.26 Å². The summed E-state index contributed by atoms with van der Waals surface area (Å²) in [5.74, 6) is 0.0331. The largest absolute Gasteiger partial charge is 0.264 e. The zero-order valence-corrected chi connectivity index (χ0v) is 13.4. The summed E-state index contributed by atoms with van der Waals surface area (Å²) in [6, 6.07) is 8.95. The van der Waals surface area contributed by atoms with Gasteiger partial charge in [0.2, 0.25) is 10.0 Å². The molecule has 0 spiro atoms. The highest BCUT2D eigenvalue weighted by Crippen LogP contribution is 2.25. The molecule has 5 nitrogen and oxygen atoms in total. The number of nitrogens with one attached hydrogen (secondary N) is 1. The first-order valence-corrected chi connectivity index (χ1v) is 8.59. The highest BCUT2D eigenvalue weighted by molar-refractivity contribution is 7.89. The predicted molar refractivity (Wildman–Crippen MR) is 85.7 cm³/mol. The van der Waals surface area contributed by atoms with Gasteiger partial charge in [0.1, 0.15) is 6.07 Å². The van der Waals surface area contributed by atoms with Gasteiger partial charge in [0, 0.05) is 24.5 Å². The molecule has 0 unspecified atom stereocenters. The Balaban J connectivity index is 2.25. The Morgan fingerprint density at radius 1 is 1.27 bits per heavy atom. The molecule has 1 aromatic heterocycles. The van der Waals surface area contributed by atoms with Gasteiger partial charge in [0.25, 0.3) is 0 Å². The lowest BCUT2D eigenvalue weighted by atomic mass is 10.0. The summed E-state index contributed by atoms with van der Waals surface area (Å²) < 4.78 is 25.4. The fraction of sp³-hybridized carbons (Fsp3) is 0.200. The van der Waals surface area contributed by atoms with Crippen LogP contribution in [0.15, 0.2) is 36.7 Å². The molecule has 1 heterocycles. The molecule has 7 heteroatoms. The van der Waals surface area contributed by atoms with Crippen LogP contribution in [-0.2, 0) is 16.6 Å². The molecule has 114 valence electrons. The second kappa shape index (κ2) is 6.88. The van der Waals surface area contributed by atoms with Gasteiger partial charge in [-0.25, -0.2) is 13.1 Å². The molecular formula is C15H14ClN3O2S. The van der Waals surface area contributed by atoms with E-state index in [1.165, 1.54) is 0 Å². The number of halogens is 1. The first-order valence-electron chi connectivity index (χ1n) is 6.56. The molecule has 0 saturated heterocycles. The van der Waals surface area contributed by atoms with Crippen molar-refractivity contribution in [1.82, 2.24) is 9.71 Å². The third-order valence-electron chi connectivity index (χ3n) is 3.09. The molecule has 0 fully saturated rings. The van der Waals surface area contributed by atoms with Gasteiger partial charge in [-0.05, 0) is 36.2 Å².